The van der Waals surface area contributed by atoms with Crippen LogP contribution in [0.4, 0.5) is 4.79 Å². The lowest BCUT2D eigenvalue weighted by molar-refractivity contribution is 0.247. The number of hydrogen-bond acceptors (Lipinski definition) is 2. The summed E-state index contributed by atoms with van der Waals surface area (Å²) < 4.78 is 0. The molecule has 1 aromatic heterocycles. The van der Waals surface area contributed by atoms with Crippen molar-refractivity contribution in [2.75, 3.05) is 6.54 Å². The standard InChI is InChI=1S/C8H9N3O/c12-8-10-5-7(11-8)6-3-1-2-4-9-6/h1-4,7H,5H2,(H2,10,11,12)/t7-/m1/s1. The number of amides is 2. The molecular formula is C8H9N3O. The van der Waals surface area contributed by atoms with Gasteiger partial charge < -0.3 is 10.6 Å². The lowest BCUT2D eigenvalue weighted by atomic mass is 10.2. The zero-order valence-electron chi connectivity index (χ0n) is 6.45. The van der Waals surface area contributed by atoms with Gasteiger partial charge in [-0.1, -0.05) is 6.07 Å². The summed E-state index contributed by atoms with van der Waals surface area (Å²) in [5, 5.41) is 5.44. The molecule has 0 saturated carbocycles. The lowest BCUT2D eigenvalue weighted by Crippen LogP contribution is -2.22. The highest BCUT2D eigenvalue weighted by Crippen LogP contribution is 2.10. The first-order chi connectivity index (χ1) is 5.86. The van der Waals surface area contributed by atoms with Crippen LogP contribution in [0.1, 0.15) is 11.7 Å². The van der Waals surface area contributed by atoms with Gasteiger partial charge in [-0.3, -0.25) is 4.98 Å². The molecule has 62 valence electrons. The molecule has 0 bridgehead atoms. The molecule has 0 unspecified atom stereocenters. The highest BCUT2D eigenvalue weighted by molar-refractivity contribution is 5.76. The predicted octanol–water partition coefficient (Wildman–Crippen LogP) is 0.436. The maximum absolute atomic E-state index is 10.8. The molecule has 0 radical (unpaired) electrons. The third-order valence-corrected chi connectivity index (χ3v) is 1.82. The Morgan fingerprint density at radius 3 is 3.00 bits per heavy atom. The molecular weight excluding hydrogens is 154 g/mol. The summed E-state index contributed by atoms with van der Waals surface area (Å²) in [7, 11) is 0. The number of hydrogen-bond donors (Lipinski definition) is 2. The summed E-state index contributed by atoms with van der Waals surface area (Å²) in [6, 6.07) is 5.57. The Bertz CT molecular complexity index is 286. The number of rotatable bonds is 1. The second-order valence-electron chi connectivity index (χ2n) is 2.66. The van der Waals surface area contributed by atoms with Gasteiger partial charge in [-0.05, 0) is 12.1 Å². The molecule has 1 fully saturated rings. The normalized spacial score (nSPS) is 21.7. The van der Waals surface area contributed by atoms with Crippen LogP contribution in [0.5, 0.6) is 0 Å². The molecule has 1 aromatic rings. The van der Waals surface area contributed by atoms with Crippen LogP contribution in [-0.2, 0) is 0 Å². The van der Waals surface area contributed by atoms with Crippen LogP contribution < -0.4 is 10.6 Å². The molecule has 1 aliphatic heterocycles. The lowest BCUT2D eigenvalue weighted by Gasteiger charge is -2.05. The average Bonchev–Trinajstić information content (AvgIpc) is 2.54. The van der Waals surface area contributed by atoms with E-state index in [1.54, 1.807) is 6.20 Å². The number of carbonyl (C=O) groups excluding carboxylic acids is 1. The molecule has 0 aromatic carbocycles. The van der Waals surface area contributed by atoms with Crippen molar-refractivity contribution in [2.45, 2.75) is 6.04 Å². The SMILES string of the molecule is O=C1NC[C@H](c2ccccn2)N1. The van der Waals surface area contributed by atoms with E-state index in [4.69, 9.17) is 0 Å². The number of urea groups is 1. The fraction of sp³-hybridized carbons (Fsp3) is 0.250. The van der Waals surface area contributed by atoms with E-state index in [1.165, 1.54) is 0 Å². The summed E-state index contributed by atoms with van der Waals surface area (Å²) in [6.45, 7) is 0.621. The van der Waals surface area contributed by atoms with Gasteiger partial charge in [-0.15, -0.1) is 0 Å². The molecule has 2 heterocycles. The molecule has 1 aliphatic rings. The number of nitrogens with one attached hydrogen (secondary N) is 2. The third-order valence-electron chi connectivity index (χ3n) is 1.82. The van der Waals surface area contributed by atoms with Crippen molar-refractivity contribution < 1.29 is 4.79 Å². The topological polar surface area (TPSA) is 54.0 Å². The van der Waals surface area contributed by atoms with Gasteiger partial charge in [0, 0.05) is 12.7 Å². The minimum absolute atomic E-state index is 0.0266. The Morgan fingerprint density at radius 1 is 1.50 bits per heavy atom. The second-order valence-corrected chi connectivity index (χ2v) is 2.66. The fourth-order valence-electron chi connectivity index (χ4n) is 1.22. The predicted molar refractivity (Wildman–Crippen MR) is 43.5 cm³/mol. The van der Waals surface area contributed by atoms with E-state index >= 15 is 0 Å². The van der Waals surface area contributed by atoms with Gasteiger partial charge in [0.25, 0.3) is 0 Å². The van der Waals surface area contributed by atoms with E-state index in [1.807, 2.05) is 18.2 Å². The van der Waals surface area contributed by atoms with Crippen LogP contribution in [0.25, 0.3) is 0 Å². The molecule has 4 heteroatoms. The van der Waals surface area contributed by atoms with Crippen LogP contribution in [0.3, 0.4) is 0 Å². The van der Waals surface area contributed by atoms with Crippen molar-refractivity contribution in [3.63, 3.8) is 0 Å². The summed E-state index contributed by atoms with van der Waals surface area (Å²) in [5.41, 5.74) is 0.899. The van der Waals surface area contributed by atoms with E-state index in [0.717, 1.165) is 5.69 Å². The molecule has 1 saturated heterocycles. The Hall–Kier alpha value is -1.58. The molecule has 2 N–H and O–H groups in total. The molecule has 1 atom stereocenters. The van der Waals surface area contributed by atoms with Gasteiger partial charge >= 0.3 is 6.03 Å². The monoisotopic (exact) mass is 163 g/mol. The van der Waals surface area contributed by atoms with E-state index < -0.39 is 0 Å². The van der Waals surface area contributed by atoms with Crippen LogP contribution in [0.2, 0.25) is 0 Å². The molecule has 0 spiro atoms. The Labute approximate surface area is 70.0 Å². The summed E-state index contributed by atoms with van der Waals surface area (Å²) in [5.74, 6) is 0. The zero-order chi connectivity index (χ0) is 8.39. The smallest absolute Gasteiger partial charge is 0.315 e. The Morgan fingerprint density at radius 2 is 2.42 bits per heavy atom. The maximum Gasteiger partial charge on any atom is 0.315 e. The van der Waals surface area contributed by atoms with Crippen molar-refractivity contribution in [3.8, 4) is 0 Å². The second kappa shape index (κ2) is 2.81. The van der Waals surface area contributed by atoms with Gasteiger partial charge in [0.15, 0.2) is 0 Å². The number of nitrogens with zero attached hydrogens (tertiary/aromatic N) is 1. The molecule has 0 aliphatic carbocycles. The number of aromatic nitrogens is 1. The summed E-state index contributed by atoms with van der Waals surface area (Å²) in [6.07, 6.45) is 1.72. The van der Waals surface area contributed by atoms with Crippen molar-refractivity contribution >= 4 is 6.03 Å². The molecule has 2 rings (SSSR count). The summed E-state index contributed by atoms with van der Waals surface area (Å²) >= 11 is 0. The van der Waals surface area contributed by atoms with E-state index in [0.29, 0.717) is 6.54 Å². The summed E-state index contributed by atoms with van der Waals surface area (Å²) in [4.78, 5) is 14.9. The molecule has 4 nitrogen and oxygen atoms in total. The molecule has 12 heavy (non-hydrogen) atoms. The molecule has 2 amide bonds. The van der Waals surface area contributed by atoms with Crippen molar-refractivity contribution in [3.05, 3.63) is 30.1 Å². The Balaban J connectivity index is 2.16. The van der Waals surface area contributed by atoms with E-state index in [9.17, 15) is 4.79 Å². The van der Waals surface area contributed by atoms with Gasteiger partial charge in [-0.2, -0.15) is 0 Å². The van der Waals surface area contributed by atoms with Crippen LogP contribution in [0, 0.1) is 0 Å². The number of carbonyl (C=O) groups is 1. The van der Waals surface area contributed by atoms with Crippen molar-refractivity contribution in [1.29, 1.82) is 0 Å². The first kappa shape index (κ1) is 7.09. The van der Waals surface area contributed by atoms with Gasteiger partial charge in [-0.25, -0.2) is 4.79 Å². The number of pyridine rings is 1. The van der Waals surface area contributed by atoms with Crippen molar-refractivity contribution in [2.24, 2.45) is 0 Å². The minimum atomic E-state index is -0.120. The van der Waals surface area contributed by atoms with E-state index in [-0.39, 0.29) is 12.1 Å². The van der Waals surface area contributed by atoms with Gasteiger partial charge in [0.2, 0.25) is 0 Å². The van der Waals surface area contributed by atoms with Gasteiger partial charge in [0.05, 0.1) is 11.7 Å². The largest absolute Gasteiger partial charge is 0.336 e. The van der Waals surface area contributed by atoms with Crippen LogP contribution in [0.15, 0.2) is 24.4 Å². The van der Waals surface area contributed by atoms with Gasteiger partial charge in [0.1, 0.15) is 0 Å². The maximum atomic E-state index is 10.8. The third kappa shape index (κ3) is 1.23. The highest BCUT2D eigenvalue weighted by Gasteiger charge is 2.21. The average molecular weight is 163 g/mol. The Kier molecular flexibility index (Phi) is 1.66. The van der Waals surface area contributed by atoms with E-state index in [2.05, 4.69) is 15.6 Å². The fourth-order valence-corrected chi connectivity index (χ4v) is 1.22. The quantitative estimate of drug-likeness (QED) is 0.631. The first-order valence-corrected chi connectivity index (χ1v) is 3.81. The van der Waals surface area contributed by atoms with Crippen LogP contribution in [-0.4, -0.2) is 17.6 Å². The first-order valence-electron chi connectivity index (χ1n) is 3.81. The minimum Gasteiger partial charge on any atom is -0.336 e. The highest BCUT2D eigenvalue weighted by atomic mass is 16.2. The van der Waals surface area contributed by atoms with Crippen molar-refractivity contribution in [1.82, 2.24) is 15.6 Å². The zero-order valence-corrected chi connectivity index (χ0v) is 6.45. The van der Waals surface area contributed by atoms with Crippen LogP contribution >= 0.6 is 0 Å².